The monoisotopic (exact) mass is 509 g/mol. The highest BCUT2D eigenvalue weighted by Gasteiger charge is 2.22. The van der Waals surface area contributed by atoms with Crippen LogP contribution in [0.4, 0.5) is 11.4 Å². The van der Waals surface area contributed by atoms with E-state index in [2.05, 4.69) is 9.44 Å². The maximum Gasteiger partial charge on any atom is 0.263 e. The molecule has 2 N–H and O–H groups in total. The average Bonchev–Trinajstić information content (AvgIpc) is 3.02. The first-order valence-electron chi connectivity index (χ1n) is 9.08. The van der Waals surface area contributed by atoms with Crippen molar-refractivity contribution in [3.63, 3.8) is 0 Å². The predicted octanol–water partition coefficient (Wildman–Crippen LogP) is 3.86. The Morgan fingerprint density at radius 3 is 2.09 bits per heavy atom. The van der Waals surface area contributed by atoms with Gasteiger partial charge in [-0.05, 0) is 54.0 Å². The number of rotatable bonds is 6. The van der Waals surface area contributed by atoms with Crippen molar-refractivity contribution in [2.75, 3.05) is 9.44 Å². The van der Waals surface area contributed by atoms with E-state index >= 15 is 0 Å². The van der Waals surface area contributed by atoms with E-state index in [9.17, 15) is 21.6 Å². The van der Waals surface area contributed by atoms with Crippen LogP contribution in [0.5, 0.6) is 0 Å². The van der Waals surface area contributed by atoms with Crippen molar-refractivity contribution in [1.29, 1.82) is 0 Å². The Kier molecular flexibility index (Phi) is 5.76. The number of benzene rings is 3. The van der Waals surface area contributed by atoms with Gasteiger partial charge in [0.25, 0.3) is 24.8 Å². The Balaban J connectivity index is 1.70. The van der Waals surface area contributed by atoms with Crippen molar-refractivity contribution in [2.24, 2.45) is 7.05 Å². The van der Waals surface area contributed by atoms with Crippen molar-refractivity contribution in [3.8, 4) is 0 Å². The quantitative estimate of drug-likeness (QED) is 0.409. The molecule has 32 heavy (non-hydrogen) atoms. The minimum atomic E-state index is -4.12. The van der Waals surface area contributed by atoms with E-state index in [0.717, 1.165) is 11.5 Å². The van der Waals surface area contributed by atoms with Gasteiger partial charge in [0.1, 0.15) is 4.90 Å². The summed E-state index contributed by atoms with van der Waals surface area (Å²) in [6, 6.07) is 16.1. The molecule has 4 rings (SSSR count). The van der Waals surface area contributed by atoms with Gasteiger partial charge in [0.15, 0.2) is 0 Å². The number of nitrogens with zero attached hydrogens (tertiary/aromatic N) is 1. The molecule has 0 amide bonds. The van der Waals surface area contributed by atoms with Gasteiger partial charge >= 0.3 is 0 Å². The summed E-state index contributed by atoms with van der Waals surface area (Å²) in [4.78, 5) is 11.8. The molecule has 1 heterocycles. The van der Waals surface area contributed by atoms with Crippen LogP contribution in [-0.4, -0.2) is 20.8 Å². The lowest BCUT2D eigenvalue weighted by atomic mass is 10.2. The summed E-state index contributed by atoms with van der Waals surface area (Å²) in [7, 11) is -6.48. The first-order valence-corrected chi connectivity index (χ1v) is 13.2. The van der Waals surface area contributed by atoms with Gasteiger partial charge in [-0.25, -0.2) is 16.8 Å². The molecule has 1 aromatic heterocycles. The van der Waals surface area contributed by atoms with E-state index in [1.165, 1.54) is 42.5 Å². The van der Waals surface area contributed by atoms with E-state index < -0.39 is 20.0 Å². The summed E-state index contributed by atoms with van der Waals surface area (Å²) in [5, 5.41) is 0.316. The van der Waals surface area contributed by atoms with Crippen molar-refractivity contribution in [2.45, 2.75) is 9.79 Å². The zero-order valence-electron chi connectivity index (χ0n) is 16.4. The molecule has 3 aromatic carbocycles. The van der Waals surface area contributed by atoms with E-state index in [-0.39, 0.29) is 36.3 Å². The zero-order valence-corrected chi connectivity index (χ0v) is 19.6. The molecule has 0 aliphatic carbocycles. The van der Waals surface area contributed by atoms with Gasteiger partial charge in [0.2, 0.25) is 0 Å². The Morgan fingerprint density at radius 2 is 1.44 bits per heavy atom. The molecule has 0 aliphatic heterocycles. The number of aryl methyl sites for hydroxylation is 1. The molecule has 0 saturated heterocycles. The molecule has 166 valence electrons. The molecule has 0 bridgehead atoms. The lowest BCUT2D eigenvalue weighted by Crippen LogP contribution is -2.18. The lowest BCUT2D eigenvalue weighted by molar-refractivity contribution is 0.599. The molecule has 0 atom stereocenters. The van der Waals surface area contributed by atoms with Gasteiger partial charge in [0, 0.05) is 7.05 Å². The van der Waals surface area contributed by atoms with E-state index in [1.54, 1.807) is 35.3 Å². The van der Waals surface area contributed by atoms with Gasteiger partial charge in [0.05, 0.1) is 32.2 Å². The molecule has 0 spiro atoms. The minimum absolute atomic E-state index is 0.0152. The van der Waals surface area contributed by atoms with Crippen LogP contribution in [-0.2, 0) is 27.1 Å². The van der Waals surface area contributed by atoms with Crippen LogP contribution in [0.3, 0.4) is 0 Å². The van der Waals surface area contributed by atoms with Crippen LogP contribution in [0.1, 0.15) is 0 Å². The Labute approximate surface area is 193 Å². The summed E-state index contributed by atoms with van der Waals surface area (Å²) >= 11 is 6.98. The Hall–Kier alpha value is -2.86. The SMILES string of the molecule is Cn1sc(=O)c2cc(S(=O)(=O)Nc3ccccc3NS(=O)(=O)c3ccccc3Cl)ccc21. The molecule has 12 heteroatoms. The van der Waals surface area contributed by atoms with Crippen LogP contribution >= 0.6 is 23.1 Å². The van der Waals surface area contributed by atoms with E-state index in [4.69, 9.17) is 11.6 Å². The summed E-state index contributed by atoms with van der Waals surface area (Å²) in [5.41, 5.74) is 0.650. The van der Waals surface area contributed by atoms with Crippen LogP contribution in [0.25, 0.3) is 10.9 Å². The fourth-order valence-electron chi connectivity index (χ4n) is 3.07. The molecular weight excluding hydrogens is 494 g/mol. The smallest absolute Gasteiger partial charge is 0.263 e. The van der Waals surface area contributed by atoms with Crippen LogP contribution < -0.4 is 14.2 Å². The molecule has 4 aromatic rings. The lowest BCUT2D eigenvalue weighted by Gasteiger charge is -2.15. The largest absolute Gasteiger partial charge is 0.297 e. The predicted molar refractivity (Wildman–Crippen MR) is 127 cm³/mol. The van der Waals surface area contributed by atoms with Gasteiger partial charge in [-0.1, -0.05) is 35.9 Å². The molecule has 0 unspecified atom stereocenters. The highest BCUT2D eigenvalue weighted by Crippen LogP contribution is 2.29. The number of para-hydroxylation sites is 2. The number of sulfonamides is 2. The number of fused-ring (bicyclic) bond motifs is 1. The molecular formula is C20H16ClN3O5S3. The molecule has 0 aliphatic rings. The fraction of sp³-hybridized carbons (Fsp3) is 0.0500. The third-order valence-corrected chi connectivity index (χ3v) is 8.68. The van der Waals surface area contributed by atoms with Gasteiger partial charge in [-0.15, -0.1) is 0 Å². The third kappa shape index (κ3) is 4.24. The number of halogens is 1. The second kappa shape index (κ2) is 8.24. The number of anilines is 2. The van der Waals surface area contributed by atoms with Gasteiger partial charge in [-0.3, -0.25) is 18.2 Å². The molecule has 0 radical (unpaired) electrons. The summed E-state index contributed by atoms with van der Waals surface area (Å²) in [5.74, 6) is 0. The number of aromatic nitrogens is 1. The summed E-state index contributed by atoms with van der Waals surface area (Å²) < 4.78 is 57.7. The summed E-state index contributed by atoms with van der Waals surface area (Å²) in [6.45, 7) is 0. The second-order valence-corrected chi connectivity index (χ2v) is 11.6. The highest BCUT2D eigenvalue weighted by molar-refractivity contribution is 7.93. The Morgan fingerprint density at radius 1 is 0.844 bits per heavy atom. The minimum Gasteiger partial charge on any atom is -0.297 e. The first kappa shape index (κ1) is 22.3. The molecule has 0 saturated carbocycles. The van der Waals surface area contributed by atoms with Crippen molar-refractivity contribution in [3.05, 3.63) is 81.3 Å². The third-order valence-electron chi connectivity index (χ3n) is 4.60. The standard InChI is InChI=1S/C20H16ClN3O5S3/c1-24-18-11-10-13(12-14(18)20(25)30-24)31(26,27)22-16-7-3-4-8-17(16)23-32(28,29)19-9-5-2-6-15(19)21/h2-12,22-23H,1H3. The number of hydrogen-bond donors (Lipinski definition) is 2. The normalized spacial score (nSPS) is 12.1. The maximum absolute atomic E-state index is 13.0. The topological polar surface area (TPSA) is 114 Å². The van der Waals surface area contributed by atoms with Gasteiger partial charge in [-0.2, -0.15) is 0 Å². The van der Waals surface area contributed by atoms with E-state index in [1.807, 2.05) is 0 Å². The van der Waals surface area contributed by atoms with Crippen LogP contribution in [0.15, 0.2) is 81.3 Å². The fourth-order valence-corrected chi connectivity index (χ4v) is 6.54. The van der Waals surface area contributed by atoms with Crippen molar-refractivity contribution in [1.82, 2.24) is 3.96 Å². The number of nitrogens with one attached hydrogen (secondary N) is 2. The van der Waals surface area contributed by atoms with Gasteiger partial charge < -0.3 is 0 Å². The highest BCUT2D eigenvalue weighted by atomic mass is 35.5. The zero-order chi connectivity index (χ0) is 23.1. The Bertz CT molecular complexity index is 1610. The van der Waals surface area contributed by atoms with Crippen LogP contribution in [0, 0.1) is 0 Å². The maximum atomic E-state index is 13.0. The van der Waals surface area contributed by atoms with Crippen molar-refractivity contribution >= 4 is 65.5 Å². The van der Waals surface area contributed by atoms with Crippen molar-refractivity contribution < 1.29 is 16.8 Å². The average molecular weight is 510 g/mol. The number of hydrogen-bond acceptors (Lipinski definition) is 6. The van der Waals surface area contributed by atoms with E-state index in [0.29, 0.717) is 5.52 Å². The molecule has 0 fully saturated rings. The first-order chi connectivity index (χ1) is 15.1. The van der Waals surface area contributed by atoms with Crippen LogP contribution in [0.2, 0.25) is 5.02 Å². The second-order valence-electron chi connectivity index (χ2n) is 6.74. The molecule has 8 nitrogen and oxygen atoms in total. The summed E-state index contributed by atoms with van der Waals surface area (Å²) in [6.07, 6.45) is 0.